The fourth-order valence-corrected chi connectivity index (χ4v) is 4.33. The molecule has 0 bridgehead atoms. The molecular formula is C27H27N3O. The molecule has 0 N–H and O–H groups in total. The van der Waals surface area contributed by atoms with Crippen molar-refractivity contribution < 1.29 is 4.79 Å². The molecule has 1 unspecified atom stereocenters. The Kier molecular flexibility index (Phi) is 6.16. The molecule has 1 heterocycles. The highest BCUT2D eigenvalue weighted by Gasteiger charge is 2.29. The third-order valence-corrected chi connectivity index (χ3v) is 6.07. The smallest absolute Gasteiger partial charge is 0.253 e. The lowest BCUT2D eigenvalue weighted by atomic mass is 9.92. The van der Waals surface area contributed by atoms with E-state index in [2.05, 4.69) is 73.3 Å². The van der Waals surface area contributed by atoms with Gasteiger partial charge in [-0.05, 0) is 54.8 Å². The van der Waals surface area contributed by atoms with Crippen LogP contribution in [0.15, 0.2) is 72.8 Å². The van der Waals surface area contributed by atoms with Gasteiger partial charge in [-0.15, -0.1) is 0 Å². The van der Waals surface area contributed by atoms with Crippen molar-refractivity contribution in [3.63, 3.8) is 0 Å². The fraction of sp³-hybridized carbons (Fsp3) is 0.259. The standard InChI is InChI=1S/C27H27N3O/c1-20-8-9-21(2)25(18-20)26(23-6-4-3-5-7-23)29-14-16-30(17-15-29)27(31)24-12-10-22(19-28)11-13-24/h3-13,18,26H,14-17H2,1-2H3. The molecule has 1 atom stereocenters. The van der Waals surface area contributed by atoms with Gasteiger partial charge in [-0.1, -0.05) is 54.1 Å². The third kappa shape index (κ3) is 4.52. The van der Waals surface area contributed by atoms with Crippen LogP contribution in [-0.4, -0.2) is 41.9 Å². The molecule has 3 aromatic rings. The van der Waals surface area contributed by atoms with Gasteiger partial charge in [0.15, 0.2) is 0 Å². The molecule has 0 saturated carbocycles. The molecule has 4 heteroatoms. The van der Waals surface area contributed by atoms with Crippen LogP contribution in [0, 0.1) is 25.2 Å². The summed E-state index contributed by atoms with van der Waals surface area (Å²) >= 11 is 0. The molecule has 0 aromatic heterocycles. The summed E-state index contributed by atoms with van der Waals surface area (Å²) in [4.78, 5) is 17.3. The number of piperazine rings is 1. The van der Waals surface area contributed by atoms with E-state index >= 15 is 0 Å². The quantitative estimate of drug-likeness (QED) is 0.626. The number of amides is 1. The van der Waals surface area contributed by atoms with E-state index in [1.807, 2.05) is 4.90 Å². The van der Waals surface area contributed by atoms with Gasteiger partial charge < -0.3 is 4.90 Å². The van der Waals surface area contributed by atoms with Crippen LogP contribution in [0.1, 0.15) is 44.2 Å². The van der Waals surface area contributed by atoms with Crippen molar-refractivity contribution >= 4 is 5.91 Å². The number of nitrogens with zero attached hydrogens (tertiary/aromatic N) is 3. The number of carbonyl (C=O) groups is 1. The maximum atomic E-state index is 12.9. The van der Waals surface area contributed by atoms with E-state index in [9.17, 15) is 4.79 Å². The van der Waals surface area contributed by atoms with Gasteiger partial charge in [-0.25, -0.2) is 0 Å². The van der Waals surface area contributed by atoms with Crippen LogP contribution in [0.2, 0.25) is 0 Å². The molecule has 156 valence electrons. The molecule has 1 amide bonds. The number of benzene rings is 3. The molecule has 0 spiro atoms. The van der Waals surface area contributed by atoms with Crippen LogP contribution < -0.4 is 0 Å². The van der Waals surface area contributed by atoms with Crippen molar-refractivity contribution in [3.05, 3.63) is 106 Å². The molecule has 4 nitrogen and oxygen atoms in total. The van der Waals surface area contributed by atoms with Crippen LogP contribution in [0.3, 0.4) is 0 Å². The number of rotatable bonds is 4. The predicted molar refractivity (Wildman–Crippen MR) is 123 cm³/mol. The Labute approximate surface area is 184 Å². The molecule has 1 aliphatic heterocycles. The van der Waals surface area contributed by atoms with Gasteiger partial charge in [0.2, 0.25) is 0 Å². The molecule has 3 aromatic carbocycles. The summed E-state index contributed by atoms with van der Waals surface area (Å²) in [5, 5.41) is 8.97. The number of hydrogen-bond donors (Lipinski definition) is 0. The fourth-order valence-electron chi connectivity index (χ4n) is 4.33. The van der Waals surface area contributed by atoms with Gasteiger partial charge in [0.25, 0.3) is 5.91 Å². The van der Waals surface area contributed by atoms with Crippen LogP contribution >= 0.6 is 0 Å². The van der Waals surface area contributed by atoms with Crippen molar-refractivity contribution in [3.8, 4) is 6.07 Å². The first-order valence-corrected chi connectivity index (χ1v) is 10.7. The molecule has 0 radical (unpaired) electrons. The van der Waals surface area contributed by atoms with Gasteiger partial charge in [-0.3, -0.25) is 9.69 Å². The first kappa shape index (κ1) is 20.8. The number of nitriles is 1. The summed E-state index contributed by atoms with van der Waals surface area (Å²) < 4.78 is 0. The maximum Gasteiger partial charge on any atom is 0.253 e. The SMILES string of the molecule is Cc1ccc(C)c(C(c2ccccc2)N2CCN(C(=O)c3ccc(C#N)cc3)CC2)c1. The summed E-state index contributed by atoms with van der Waals surface area (Å²) in [6.07, 6.45) is 0. The summed E-state index contributed by atoms with van der Waals surface area (Å²) in [7, 11) is 0. The Hall–Kier alpha value is -3.42. The van der Waals surface area contributed by atoms with E-state index in [0.717, 1.165) is 13.1 Å². The highest BCUT2D eigenvalue weighted by Crippen LogP contribution is 2.32. The Morgan fingerprint density at radius 1 is 0.903 bits per heavy atom. The molecule has 1 saturated heterocycles. The Balaban J connectivity index is 1.54. The minimum Gasteiger partial charge on any atom is -0.336 e. The molecule has 1 aliphatic rings. The summed E-state index contributed by atoms with van der Waals surface area (Å²) in [5.74, 6) is 0.0344. The lowest BCUT2D eigenvalue weighted by Gasteiger charge is -2.40. The van der Waals surface area contributed by atoms with Crippen molar-refractivity contribution in [2.45, 2.75) is 19.9 Å². The van der Waals surface area contributed by atoms with Crippen molar-refractivity contribution in [1.82, 2.24) is 9.80 Å². The van der Waals surface area contributed by atoms with Gasteiger partial charge in [0.05, 0.1) is 17.7 Å². The summed E-state index contributed by atoms with van der Waals surface area (Å²) in [6, 6.07) is 26.5. The second-order valence-electron chi connectivity index (χ2n) is 8.19. The van der Waals surface area contributed by atoms with Crippen molar-refractivity contribution in [2.24, 2.45) is 0 Å². The van der Waals surface area contributed by atoms with Gasteiger partial charge in [0.1, 0.15) is 0 Å². The second-order valence-corrected chi connectivity index (χ2v) is 8.19. The summed E-state index contributed by atoms with van der Waals surface area (Å²) in [5.41, 5.74) is 6.37. The molecular weight excluding hydrogens is 382 g/mol. The molecule has 1 fully saturated rings. The monoisotopic (exact) mass is 409 g/mol. The average Bonchev–Trinajstić information content (AvgIpc) is 2.82. The normalized spacial score (nSPS) is 15.3. The molecule has 0 aliphatic carbocycles. The van der Waals surface area contributed by atoms with Crippen LogP contribution in [0.25, 0.3) is 0 Å². The van der Waals surface area contributed by atoms with Gasteiger partial charge in [-0.2, -0.15) is 5.26 Å². The molecule has 31 heavy (non-hydrogen) atoms. The van der Waals surface area contributed by atoms with E-state index in [4.69, 9.17) is 5.26 Å². The zero-order chi connectivity index (χ0) is 21.8. The van der Waals surface area contributed by atoms with E-state index in [-0.39, 0.29) is 11.9 Å². The van der Waals surface area contributed by atoms with Crippen LogP contribution in [0.5, 0.6) is 0 Å². The molecule has 4 rings (SSSR count). The Bertz CT molecular complexity index is 1090. The second kappa shape index (κ2) is 9.16. The number of carbonyl (C=O) groups excluding carboxylic acids is 1. The van der Waals surface area contributed by atoms with Gasteiger partial charge >= 0.3 is 0 Å². The number of aryl methyl sites for hydroxylation is 2. The number of hydrogen-bond acceptors (Lipinski definition) is 3. The van der Waals surface area contributed by atoms with E-state index in [1.165, 1.54) is 22.3 Å². The van der Waals surface area contributed by atoms with Gasteiger partial charge in [0, 0.05) is 31.7 Å². The van der Waals surface area contributed by atoms with Crippen molar-refractivity contribution in [1.29, 1.82) is 5.26 Å². The average molecular weight is 410 g/mol. The predicted octanol–water partition coefficient (Wildman–Crippen LogP) is 4.72. The first-order valence-electron chi connectivity index (χ1n) is 10.7. The Morgan fingerprint density at radius 3 is 2.23 bits per heavy atom. The van der Waals surface area contributed by atoms with E-state index < -0.39 is 0 Å². The first-order chi connectivity index (χ1) is 15.1. The van der Waals surface area contributed by atoms with Crippen LogP contribution in [-0.2, 0) is 0 Å². The van der Waals surface area contributed by atoms with E-state index in [0.29, 0.717) is 24.2 Å². The maximum absolute atomic E-state index is 12.9. The largest absolute Gasteiger partial charge is 0.336 e. The summed E-state index contributed by atoms with van der Waals surface area (Å²) in [6.45, 7) is 7.32. The van der Waals surface area contributed by atoms with Crippen LogP contribution in [0.4, 0.5) is 0 Å². The minimum atomic E-state index is 0.0344. The van der Waals surface area contributed by atoms with Crippen molar-refractivity contribution in [2.75, 3.05) is 26.2 Å². The zero-order valence-corrected chi connectivity index (χ0v) is 18.1. The zero-order valence-electron chi connectivity index (χ0n) is 18.1. The minimum absolute atomic E-state index is 0.0344. The highest BCUT2D eigenvalue weighted by atomic mass is 16.2. The third-order valence-electron chi connectivity index (χ3n) is 6.07. The highest BCUT2D eigenvalue weighted by molar-refractivity contribution is 5.94. The van der Waals surface area contributed by atoms with E-state index in [1.54, 1.807) is 24.3 Å². The topological polar surface area (TPSA) is 47.3 Å². The Morgan fingerprint density at radius 2 is 1.58 bits per heavy atom. The lowest BCUT2D eigenvalue weighted by molar-refractivity contribution is 0.0597. The lowest BCUT2D eigenvalue weighted by Crippen LogP contribution is -2.50.